The maximum Gasteiger partial charge on any atom is 0.136 e. The molecule has 1 nitrogen and oxygen atoms in total. The Bertz CT molecular complexity index is 269. The van der Waals surface area contributed by atoms with Crippen LogP contribution in [0, 0.1) is 0 Å². The van der Waals surface area contributed by atoms with E-state index in [-0.39, 0.29) is 0 Å². The summed E-state index contributed by atoms with van der Waals surface area (Å²) >= 11 is 1.76. The lowest BCUT2D eigenvalue weighted by Gasteiger charge is -2.19. The first kappa shape index (κ1) is 7.99. The van der Waals surface area contributed by atoms with Gasteiger partial charge in [0, 0.05) is 4.90 Å². The van der Waals surface area contributed by atoms with E-state index in [4.69, 9.17) is 4.74 Å². The second kappa shape index (κ2) is 3.40. The topological polar surface area (TPSA) is 9.23 Å². The van der Waals surface area contributed by atoms with Gasteiger partial charge in [0.2, 0.25) is 0 Å². The largest absolute Gasteiger partial charge is 0.492 e. The van der Waals surface area contributed by atoms with Crippen molar-refractivity contribution in [3.05, 3.63) is 23.8 Å². The summed E-state index contributed by atoms with van der Waals surface area (Å²) < 4.78 is 5.62. The highest BCUT2D eigenvalue weighted by Gasteiger charge is 2.12. The molecule has 2 heteroatoms. The van der Waals surface area contributed by atoms with E-state index in [0.717, 1.165) is 18.8 Å². The van der Waals surface area contributed by atoms with Gasteiger partial charge in [-0.05, 0) is 30.7 Å². The Morgan fingerprint density at radius 3 is 3.17 bits per heavy atom. The van der Waals surface area contributed by atoms with Gasteiger partial charge in [-0.3, -0.25) is 0 Å². The third kappa shape index (κ3) is 1.31. The minimum atomic E-state index is 0.880. The molecule has 2 rings (SSSR count). The van der Waals surface area contributed by atoms with Gasteiger partial charge in [0.25, 0.3) is 0 Å². The molecular weight excluding hydrogens is 168 g/mol. The van der Waals surface area contributed by atoms with Gasteiger partial charge in [-0.15, -0.1) is 11.8 Å². The van der Waals surface area contributed by atoms with Crippen molar-refractivity contribution in [3.63, 3.8) is 0 Å². The van der Waals surface area contributed by atoms with Crippen LogP contribution >= 0.6 is 11.8 Å². The highest BCUT2D eigenvalue weighted by atomic mass is 32.2. The zero-order valence-electron chi connectivity index (χ0n) is 7.17. The number of hydrogen-bond acceptors (Lipinski definition) is 2. The smallest absolute Gasteiger partial charge is 0.136 e. The number of thioether (sulfide) groups is 1. The Balaban J connectivity index is 2.44. The van der Waals surface area contributed by atoms with E-state index in [1.165, 1.54) is 16.9 Å². The summed E-state index contributed by atoms with van der Waals surface area (Å²) in [7, 11) is 0. The minimum absolute atomic E-state index is 0.880. The second-order valence-corrected chi connectivity index (χ2v) is 3.75. The lowest BCUT2D eigenvalue weighted by Crippen LogP contribution is -2.08. The SMILES string of the molecule is CSc1cccc2c1OCCC2. The molecule has 0 atom stereocenters. The quantitative estimate of drug-likeness (QED) is 0.614. The molecule has 0 unspecified atom stereocenters. The Morgan fingerprint density at radius 1 is 1.42 bits per heavy atom. The van der Waals surface area contributed by atoms with Crippen molar-refractivity contribution in [3.8, 4) is 5.75 Å². The maximum absolute atomic E-state index is 5.62. The molecule has 0 bridgehead atoms. The Labute approximate surface area is 77.1 Å². The Kier molecular flexibility index (Phi) is 2.26. The summed E-state index contributed by atoms with van der Waals surface area (Å²) in [6.45, 7) is 0.880. The summed E-state index contributed by atoms with van der Waals surface area (Å²) in [5.41, 5.74) is 1.37. The molecule has 0 aliphatic carbocycles. The van der Waals surface area contributed by atoms with E-state index in [1.807, 2.05) is 0 Å². The molecule has 0 aromatic heterocycles. The predicted molar refractivity (Wildman–Crippen MR) is 52.0 cm³/mol. The molecule has 12 heavy (non-hydrogen) atoms. The van der Waals surface area contributed by atoms with E-state index < -0.39 is 0 Å². The first-order chi connectivity index (χ1) is 5.92. The van der Waals surface area contributed by atoms with E-state index >= 15 is 0 Å². The lowest BCUT2D eigenvalue weighted by atomic mass is 10.1. The monoisotopic (exact) mass is 180 g/mol. The van der Waals surface area contributed by atoms with Crippen molar-refractivity contribution in [1.82, 2.24) is 0 Å². The molecule has 1 aromatic rings. The van der Waals surface area contributed by atoms with Gasteiger partial charge in [-0.25, -0.2) is 0 Å². The molecule has 64 valence electrons. The number of aryl methyl sites for hydroxylation is 1. The summed E-state index contributed by atoms with van der Waals surface area (Å²) in [6.07, 6.45) is 4.42. The third-order valence-electron chi connectivity index (χ3n) is 2.12. The van der Waals surface area contributed by atoms with Gasteiger partial charge in [0.05, 0.1) is 6.61 Å². The molecule has 0 fully saturated rings. The van der Waals surface area contributed by atoms with Crippen LogP contribution in [0.1, 0.15) is 12.0 Å². The van der Waals surface area contributed by atoms with Crippen molar-refractivity contribution in [1.29, 1.82) is 0 Å². The normalized spacial score (nSPS) is 15.1. The fourth-order valence-electron chi connectivity index (χ4n) is 1.52. The van der Waals surface area contributed by atoms with Crippen LogP contribution < -0.4 is 4.74 Å². The molecule has 0 saturated carbocycles. The van der Waals surface area contributed by atoms with Gasteiger partial charge in [-0.2, -0.15) is 0 Å². The third-order valence-corrected chi connectivity index (χ3v) is 2.88. The fraction of sp³-hybridized carbons (Fsp3) is 0.400. The number of ether oxygens (including phenoxy) is 1. The number of rotatable bonds is 1. The van der Waals surface area contributed by atoms with Gasteiger partial charge in [0.1, 0.15) is 5.75 Å². The van der Waals surface area contributed by atoms with Gasteiger partial charge in [-0.1, -0.05) is 12.1 Å². The molecule has 1 heterocycles. The Hall–Kier alpha value is -0.630. The van der Waals surface area contributed by atoms with Gasteiger partial charge >= 0.3 is 0 Å². The van der Waals surface area contributed by atoms with Crippen LogP contribution in [0.2, 0.25) is 0 Å². The second-order valence-electron chi connectivity index (χ2n) is 2.90. The molecule has 0 amide bonds. The Morgan fingerprint density at radius 2 is 2.33 bits per heavy atom. The summed E-state index contributed by atoms with van der Waals surface area (Å²) in [5, 5.41) is 0. The van der Waals surface area contributed by atoms with Crippen molar-refractivity contribution in [2.75, 3.05) is 12.9 Å². The van der Waals surface area contributed by atoms with Crippen molar-refractivity contribution >= 4 is 11.8 Å². The standard InChI is InChI=1S/C10H12OS/c1-12-9-6-2-4-8-5-3-7-11-10(8)9/h2,4,6H,3,5,7H2,1H3. The summed E-state index contributed by atoms with van der Waals surface area (Å²) in [6, 6.07) is 6.39. The average molecular weight is 180 g/mol. The van der Waals surface area contributed by atoms with Crippen LogP contribution in [0.15, 0.2) is 23.1 Å². The van der Waals surface area contributed by atoms with E-state index in [2.05, 4.69) is 24.5 Å². The van der Waals surface area contributed by atoms with Gasteiger partial charge < -0.3 is 4.74 Å². The molecular formula is C10H12OS. The van der Waals surface area contributed by atoms with Crippen LogP contribution in [0.25, 0.3) is 0 Å². The van der Waals surface area contributed by atoms with Gasteiger partial charge in [0.15, 0.2) is 0 Å². The van der Waals surface area contributed by atoms with Crippen molar-refractivity contribution in [2.24, 2.45) is 0 Å². The fourth-order valence-corrected chi connectivity index (χ4v) is 2.11. The lowest BCUT2D eigenvalue weighted by molar-refractivity contribution is 0.281. The highest BCUT2D eigenvalue weighted by molar-refractivity contribution is 7.98. The van der Waals surface area contributed by atoms with Crippen LogP contribution in [0.4, 0.5) is 0 Å². The predicted octanol–water partition coefficient (Wildman–Crippen LogP) is 2.73. The van der Waals surface area contributed by atoms with Crippen LogP contribution in [-0.2, 0) is 6.42 Å². The molecule has 1 aromatic carbocycles. The minimum Gasteiger partial charge on any atom is -0.492 e. The zero-order chi connectivity index (χ0) is 8.39. The molecule has 1 aliphatic rings. The first-order valence-electron chi connectivity index (χ1n) is 4.20. The van der Waals surface area contributed by atoms with Crippen molar-refractivity contribution < 1.29 is 4.74 Å². The van der Waals surface area contributed by atoms with Crippen LogP contribution in [0.5, 0.6) is 5.75 Å². The molecule has 0 N–H and O–H groups in total. The molecule has 0 saturated heterocycles. The van der Waals surface area contributed by atoms with Crippen LogP contribution in [0.3, 0.4) is 0 Å². The summed E-state index contributed by atoms with van der Waals surface area (Å²) in [5.74, 6) is 1.12. The number of para-hydroxylation sites is 1. The number of benzene rings is 1. The molecule has 1 aliphatic heterocycles. The summed E-state index contributed by atoms with van der Waals surface area (Å²) in [4.78, 5) is 1.27. The van der Waals surface area contributed by atoms with Crippen molar-refractivity contribution in [2.45, 2.75) is 17.7 Å². The van der Waals surface area contributed by atoms with E-state index in [9.17, 15) is 0 Å². The number of fused-ring (bicyclic) bond motifs is 1. The maximum atomic E-state index is 5.62. The molecule has 0 radical (unpaired) electrons. The zero-order valence-corrected chi connectivity index (χ0v) is 7.99. The average Bonchev–Trinajstić information content (AvgIpc) is 2.17. The number of hydrogen-bond donors (Lipinski definition) is 0. The van der Waals surface area contributed by atoms with Crippen LogP contribution in [-0.4, -0.2) is 12.9 Å². The van der Waals surface area contributed by atoms with E-state index in [1.54, 1.807) is 11.8 Å². The first-order valence-corrected chi connectivity index (χ1v) is 5.43. The highest BCUT2D eigenvalue weighted by Crippen LogP contribution is 2.34. The molecule has 0 spiro atoms. The van der Waals surface area contributed by atoms with E-state index in [0.29, 0.717) is 0 Å².